The van der Waals surface area contributed by atoms with E-state index in [1.807, 2.05) is 0 Å². The fourth-order valence-electron chi connectivity index (χ4n) is 2.31. The number of aromatic nitrogens is 2. The van der Waals surface area contributed by atoms with Gasteiger partial charge < -0.3 is 5.32 Å². The predicted octanol–water partition coefficient (Wildman–Crippen LogP) is 4.72. The van der Waals surface area contributed by atoms with Crippen LogP contribution >= 0.6 is 23.2 Å². The molecule has 24 heavy (non-hydrogen) atoms. The maximum atomic E-state index is 12.8. The molecular formula is C15H12Cl2F3N3O. The Morgan fingerprint density at radius 1 is 1.25 bits per heavy atom. The van der Waals surface area contributed by atoms with Gasteiger partial charge in [-0.1, -0.05) is 23.2 Å². The Labute approximate surface area is 145 Å². The number of rotatable bonds is 4. The highest BCUT2D eigenvalue weighted by Gasteiger charge is 2.38. The first-order valence-electron chi connectivity index (χ1n) is 7.14. The van der Waals surface area contributed by atoms with E-state index in [1.54, 1.807) is 6.07 Å². The smallest absolute Gasteiger partial charge is 0.324 e. The van der Waals surface area contributed by atoms with E-state index in [2.05, 4.69) is 10.4 Å². The van der Waals surface area contributed by atoms with Crippen LogP contribution in [0.15, 0.2) is 24.3 Å². The summed E-state index contributed by atoms with van der Waals surface area (Å²) < 4.78 is 39.6. The second kappa shape index (κ2) is 6.29. The van der Waals surface area contributed by atoms with Crippen molar-refractivity contribution in [2.75, 3.05) is 5.32 Å². The van der Waals surface area contributed by atoms with Crippen LogP contribution in [-0.4, -0.2) is 15.7 Å². The van der Waals surface area contributed by atoms with Crippen LogP contribution in [0.1, 0.15) is 30.1 Å². The molecule has 4 nitrogen and oxygen atoms in total. The van der Waals surface area contributed by atoms with E-state index in [-0.39, 0.29) is 17.5 Å². The molecule has 0 unspecified atom stereocenters. The van der Waals surface area contributed by atoms with Crippen molar-refractivity contribution >= 4 is 34.8 Å². The zero-order valence-electron chi connectivity index (χ0n) is 12.2. The highest BCUT2D eigenvalue weighted by Crippen LogP contribution is 2.42. The predicted molar refractivity (Wildman–Crippen MR) is 84.3 cm³/mol. The Hall–Kier alpha value is -1.73. The molecule has 1 saturated carbocycles. The van der Waals surface area contributed by atoms with E-state index >= 15 is 0 Å². The van der Waals surface area contributed by atoms with Crippen molar-refractivity contribution in [2.24, 2.45) is 0 Å². The Morgan fingerprint density at radius 3 is 2.54 bits per heavy atom. The maximum Gasteiger partial charge on any atom is 0.435 e. The van der Waals surface area contributed by atoms with Crippen LogP contribution in [0.4, 0.5) is 18.9 Å². The highest BCUT2D eigenvalue weighted by atomic mass is 35.5. The second-order valence-electron chi connectivity index (χ2n) is 5.56. The van der Waals surface area contributed by atoms with Gasteiger partial charge in [-0.3, -0.25) is 9.48 Å². The van der Waals surface area contributed by atoms with Gasteiger partial charge in [0, 0.05) is 17.3 Å². The molecule has 2 aromatic rings. The van der Waals surface area contributed by atoms with Crippen LogP contribution in [0, 0.1) is 0 Å². The average Bonchev–Trinajstić information content (AvgIpc) is 3.23. The molecule has 0 bridgehead atoms. The lowest BCUT2D eigenvalue weighted by Crippen LogP contribution is -2.21. The second-order valence-corrected chi connectivity index (χ2v) is 6.38. The molecule has 0 aliphatic heterocycles. The summed E-state index contributed by atoms with van der Waals surface area (Å²) in [5.41, 5.74) is -0.135. The molecule has 1 N–H and O–H groups in total. The summed E-state index contributed by atoms with van der Waals surface area (Å²) in [5, 5.41) is 6.72. The van der Waals surface area contributed by atoms with Gasteiger partial charge in [0.15, 0.2) is 5.69 Å². The van der Waals surface area contributed by atoms with Crippen LogP contribution in [0.2, 0.25) is 10.0 Å². The lowest BCUT2D eigenvalue weighted by molar-refractivity contribution is -0.141. The Kier molecular flexibility index (Phi) is 4.48. The largest absolute Gasteiger partial charge is 0.435 e. The van der Waals surface area contributed by atoms with Crippen molar-refractivity contribution in [3.05, 3.63) is 45.7 Å². The third-order valence-electron chi connectivity index (χ3n) is 3.59. The number of hydrogen-bond donors (Lipinski definition) is 1. The van der Waals surface area contributed by atoms with E-state index in [0.717, 1.165) is 23.6 Å². The number of halogens is 5. The van der Waals surface area contributed by atoms with Crippen LogP contribution in [0.25, 0.3) is 0 Å². The van der Waals surface area contributed by atoms with Crippen LogP contribution in [0.3, 0.4) is 0 Å². The fraction of sp³-hybridized carbons (Fsp3) is 0.333. The number of carbonyl (C=O) groups is 1. The quantitative estimate of drug-likeness (QED) is 0.837. The van der Waals surface area contributed by atoms with Gasteiger partial charge in [0.05, 0.1) is 10.0 Å². The van der Waals surface area contributed by atoms with Gasteiger partial charge in [-0.15, -0.1) is 0 Å². The Bertz CT molecular complexity index is 785. The average molecular weight is 378 g/mol. The summed E-state index contributed by atoms with van der Waals surface area (Å²) in [6.07, 6.45) is -2.93. The number of alkyl halides is 3. The summed E-state index contributed by atoms with van der Waals surface area (Å²) in [4.78, 5) is 12.1. The first-order valence-corrected chi connectivity index (χ1v) is 7.89. The van der Waals surface area contributed by atoms with Gasteiger partial charge >= 0.3 is 6.18 Å². The summed E-state index contributed by atoms with van der Waals surface area (Å²) in [5.74, 6) is -0.460. The zero-order chi connectivity index (χ0) is 17.5. The SMILES string of the molecule is O=C(Cn1nc(C(F)(F)F)cc1C1CC1)Nc1ccc(Cl)c(Cl)c1. The molecule has 1 aliphatic carbocycles. The van der Waals surface area contributed by atoms with E-state index < -0.39 is 17.8 Å². The third kappa shape index (κ3) is 3.84. The van der Waals surface area contributed by atoms with Gasteiger partial charge in [0.2, 0.25) is 5.91 Å². The van der Waals surface area contributed by atoms with Crippen molar-refractivity contribution in [3.63, 3.8) is 0 Å². The lowest BCUT2D eigenvalue weighted by atomic mass is 10.2. The van der Waals surface area contributed by atoms with Gasteiger partial charge in [-0.2, -0.15) is 18.3 Å². The van der Waals surface area contributed by atoms with Crippen molar-refractivity contribution < 1.29 is 18.0 Å². The molecular weight excluding hydrogens is 366 g/mol. The molecule has 128 valence electrons. The van der Waals surface area contributed by atoms with E-state index in [1.165, 1.54) is 12.1 Å². The Morgan fingerprint density at radius 2 is 1.96 bits per heavy atom. The van der Waals surface area contributed by atoms with Gasteiger partial charge in [0.1, 0.15) is 6.54 Å². The number of benzene rings is 1. The number of nitrogens with one attached hydrogen (secondary N) is 1. The zero-order valence-corrected chi connectivity index (χ0v) is 13.7. The number of amides is 1. The Balaban J connectivity index is 1.76. The summed E-state index contributed by atoms with van der Waals surface area (Å²) in [6, 6.07) is 5.56. The van der Waals surface area contributed by atoms with Gasteiger partial charge in [-0.25, -0.2) is 0 Å². The number of hydrogen-bond acceptors (Lipinski definition) is 2. The number of anilines is 1. The minimum atomic E-state index is -4.53. The van der Waals surface area contributed by atoms with Crippen molar-refractivity contribution in [1.29, 1.82) is 0 Å². The molecule has 9 heteroatoms. The minimum absolute atomic E-state index is 0.0337. The number of carbonyl (C=O) groups excluding carboxylic acids is 1. The summed E-state index contributed by atoms with van der Waals surface area (Å²) in [7, 11) is 0. The first kappa shape index (κ1) is 17.1. The monoisotopic (exact) mass is 377 g/mol. The summed E-state index contributed by atoms with van der Waals surface area (Å²) in [6.45, 7) is -0.303. The molecule has 1 aromatic carbocycles. The van der Waals surface area contributed by atoms with Gasteiger partial charge in [-0.05, 0) is 37.1 Å². The van der Waals surface area contributed by atoms with Crippen LogP contribution < -0.4 is 5.32 Å². The molecule has 0 atom stereocenters. The fourth-order valence-corrected chi connectivity index (χ4v) is 2.61. The van der Waals surface area contributed by atoms with Crippen LogP contribution in [0.5, 0.6) is 0 Å². The molecule has 1 fully saturated rings. The maximum absolute atomic E-state index is 12.8. The molecule has 0 spiro atoms. The van der Waals surface area contributed by atoms with Crippen LogP contribution in [-0.2, 0) is 17.5 Å². The minimum Gasteiger partial charge on any atom is -0.324 e. The molecule has 0 saturated heterocycles. The molecule has 0 radical (unpaired) electrons. The standard InChI is InChI=1S/C15H12Cl2F3N3O/c16-10-4-3-9(5-11(10)17)21-14(24)7-23-12(8-1-2-8)6-13(22-23)15(18,19)20/h3-6,8H,1-2,7H2,(H,21,24). The topological polar surface area (TPSA) is 46.9 Å². The van der Waals surface area contributed by atoms with Crippen molar-refractivity contribution in [2.45, 2.75) is 31.5 Å². The van der Waals surface area contributed by atoms with E-state index in [0.29, 0.717) is 16.4 Å². The molecule has 1 heterocycles. The molecule has 3 rings (SSSR count). The van der Waals surface area contributed by atoms with Crippen molar-refractivity contribution in [1.82, 2.24) is 9.78 Å². The normalized spacial score (nSPS) is 14.7. The highest BCUT2D eigenvalue weighted by molar-refractivity contribution is 6.42. The molecule has 1 aliphatic rings. The van der Waals surface area contributed by atoms with Crippen molar-refractivity contribution in [3.8, 4) is 0 Å². The van der Waals surface area contributed by atoms with E-state index in [4.69, 9.17) is 23.2 Å². The van der Waals surface area contributed by atoms with Gasteiger partial charge in [0.25, 0.3) is 0 Å². The third-order valence-corrected chi connectivity index (χ3v) is 4.33. The molecule has 1 amide bonds. The number of nitrogens with zero attached hydrogens (tertiary/aromatic N) is 2. The van der Waals surface area contributed by atoms with E-state index in [9.17, 15) is 18.0 Å². The summed E-state index contributed by atoms with van der Waals surface area (Å²) >= 11 is 11.6. The first-order chi connectivity index (χ1) is 11.2. The lowest BCUT2D eigenvalue weighted by Gasteiger charge is -2.09. The molecule has 1 aromatic heterocycles.